The monoisotopic (exact) mass is 166 g/mol. The summed E-state index contributed by atoms with van der Waals surface area (Å²) in [6.07, 6.45) is 3.03. The van der Waals surface area contributed by atoms with Gasteiger partial charge in [-0.25, -0.2) is 9.78 Å². The minimum absolute atomic E-state index is 0.0121. The maximum Gasteiger partial charge on any atom is 0.110 e. The summed E-state index contributed by atoms with van der Waals surface area (Å²) in [5, 5.41) is 4.39. The normalized spacial score (nSPS) is 29.1. The third-order valence-corrected chi connectivity index (χ3v) is 1.74. The van der Waals surface area contributed by atoms with Crippen LogP contribution in [0.3, 0.4) is 0 Å². The Bertz CT molecular complexity index is 81.1. The van der Waals surface area contributed by atoms with E-state index in [0.717, 1.165) is 19.3 Å². The predicted octanol–water partition coefficient (Wildman–Crippen LogP) is 1.66. The lowest BCUT2D eigenvalue weighted by atomic mass is 10.2. The van der Waals surface area contributed by atoms with Gasteiger partial charge in [-0.1, -0.05) is 5.04 Å². The molecule has 0 amide bonds. The molecule has 1 aliphatic heterocycles. The number of hydrogen-bond donors (Lipinski definition) is 0. The Hall–Kier alpha value is 0.170. The molecule has 1 aliphatic rings. The van der Waals surface area contributed by atoms with Gasteiger partial charge in [0.2, 0.25) is 0 Å². The second-order valence-electron chi connectivity index (χ2n) is 2.26. The molecule has 4 heteroatoms. The molecule has 0 aliphatic carbocycles. The lowest BCUT2D eigenvalue weighted by Gasteiger charge is -2.15. The summed E-state index contributed by atoms with van der Waals surface area (Å²) in [6, 6.07) is 0. The Balaban J connectivity index is 2.16. The Labute approximate surface area is 65.1 Å². The van der Waals surface area contributed by atoms with Crippen molar-refractivity contribution in [3.05, 3.63) is 0 Å². The highest BCUT2D eigenvalue weighted by molar-refractivity contribution is 6.18. The maximum absolute atomic E-state index is 5.55. The van der Waals surface area contributed by atoms with Crippen LogP contribution in [0.4, 0.5) is 0 Å². The van der Waals surface area contributed by atoms with E-state index in [2.05, 4.69) is 9.93 Å². The van der Waals surface area contributed by atoms with E-state index >= 15 is 0 Å². The van der Waals surface area contributed by atoms with E-state index in [4.69, 9.17) is 16.5 Å². The topological polar surface area (TPSA) is 27.7 Å². The second kappa shape index (κ2) is 4.91. The smallest absolute Gasteiger partial charge is 0.110 e. The number of alkyl halides is 1. The van der Waals surface area contributed by atoms with Crippen LogP contribution in [0.15, 0.2) is 0 Å². The lowest BCUT2D eigenvalue weighted by molar-refractivity contribution is -0.528. The molecule has 1 fully saturated rings. The zero-order valence-electron chi connectivity index (χ0n) is 5.72. The van der Waals surface area contributed by atoms with Crippen molar-refractivity contribution in [1.82, 2.24) is 0 Å². The molecule has 1 saturated heterocycles. The first-order valence-electron chi connectivity index (χ1n) is 3.44. The molecule has 0 radical (unpaired) electrons. The maximum atomic E-state index is 5.55. The Morgan fingerprint density at radius 1 is 1.40 bits per heavy atom. The molecule has 0 aromatic heterocycles. The molecule has 1 unspecified atom stereocenters. The minimum atomic E-state index is -0.0121. The van der Waals surface area contributed by atoms with Gasteiger partial charge in [-0.2, -0.15) is 0 Å². The quantitative estimate of drug-likeness (QED) is 0.438. The molecule has 60 valence electrons. The molecule has 1 atom stereocenters. The van der Waals surface area contributed by atoms with Crippen molar-refractivity contribution in [2.75, 3.05) is 12.5 Å². The number of hydrogen-bond acceptors (Lipinski definition) is 3. The van der Waals surface area contributed by atoms with Crippen molar-refractivity contribution >= 4 is 11.6 Å². The first kappa shape index (κ1) is 8.27. The van der Waals surface area contributed by atoms with E-state index in [1.807, 2.05) is 0 Å². The minimum Gasteiger partial charge on any atom is -0.206 e. The summed E-state index contributed by atoms with van der Waals surface area (Å²) in [4.78, 5) is 9.40. The lowest BCUT2D eigenvalue weighted by Crippen LogP contribution is -2.18. The average molecular weight is 167 g/mol. The van der Waals surface area contributed by atoms with Gasteiger partial charge in [-0.15, -0.1) is 11.6 Å². The molecule has 10 heavy (non-hydrogen) atoms. The highest BCUT2D eigenvalue weighted by Crippen LogP contribution is 2.10. The molecule has 0 bridgehead atoms. The molecule has 1 heterocycles. The van der Waals surface area contributed by atoms with Gasteiger partial charge in [0.25, 0.3) is 0 Å². The average Bonchev–Trinajstić information content (AvgIpc) is 1.87. The van der Waals surface area contributed by atoms with Crippen molar-refractivity contribution in [2.24, 2.45) is 0 Å². The van der Waals surface area contributed by atoms with Crippen molar-refractivity contribution in [2.45, 2.75) is 25.4 Å². The third kappa shape index (κ3) is 2.84. The van der Waals surface area contributed by atoms with E-state index in [-0.39, 0.29) is 6.10 Å². The fraction of sp³-hybridized carbons (Fsp3) is 1.00. The van der Waals surface area contributed by atoms with Crippen LogP contribution in [-0.4, -0.2) is 18.6 Å². The molecule has 0 spiro atoms. The molecule has 1 rings (SSSR count). The summed E-state index contributed by atoms with van der Waals surface area (Å²) in [7, 11) is 0. The molecule has 0 saturated carbocycles. The van der Waals surface area contributed by atoms with E-state index < -0.39 is 0 Å². The highest BCUT2D eigenvalue weighted by atomic mass is 35.5. The van der Waals surface area contributed by atoms with Crippen LogP contribution in [-0.2, 0) is 14.8 Å². The van der Waals surface area contributed by atoms with Crippen molar-refractivity contribution in [1.29, 1.82) is 0 Å². The van der Waals surface area contributed by atoms with Gasteiger partial charge in [-0.3, -0.25) is 0 Å². The van der Waals surface area contributed by atoms with Gasteiger partial charge < -0.3 is 0 Å². The van der Waals surface area contributed by atoms with Gasteiger partial charge in [0.1, 0.15) is 6.10 Å². The summed E-state index contributed by atoms with van der Waals surface area (Å²) in [5.74, 6) is 0.462. The van der Waals surface area contributed by atoms with Crippen LogP contribution in [0.5, 0.6) is 0 Å². The van der Waals surface area contributed by atoms with Gasteiger partial charge >= 0.3 is 0 Å². The van der Waals surface area contributed by atoms with E-state index in [1.54, 1.807) is 0 Å². The first-order valence-corrected chi connectivity index (χ1v) is 3.98. The molecule has 0 aromatic rings. The molecule has 3 nitrogen and oxygen atoms in total. The second-order valence-corrected chi connectivity index (χ2v) is 2.57. The fourth-order valence-corrected chi connectivity index (χ4v) is 1.01. The van der Waals surface area contributed by atoms with Crippen LogP contribution in [0.2, 0.25) is 0 Å². The van der Waals surface area contributed by atoms with Crippen LogP contribution in [0.1, 0.15) is 19.3 Å². The van der Waals surface area contributed by atoms with Crippen LogP contribution >= 0.6 is 11.6 Å². The molecular formula is C6H11ClO3. The van der Waals surface area contributed by atoms with Crippen LogP contribution in [0.25, 0.3) is 0 Å². The largest absolute Gasteiger partial charge is 0.206 e. The van der Waals surface area contributed by atoms with Gasteiger partial charge in [-0.05, 0) is 19.3 Å². The standard InChI is InChI=1S/C6H11ClO3/c7-5-6-3-1-2-4-8-10-9-6/h6H,1-5H2. The Morgan fingerprint density at radius 3 is 3.10 bits per heavy atom. The van der Waals surface area contributed by atoms with E-state index in [9.17, 15) is 0 Å². The highest BCUT2D eigenvalue weighted by Gasteiger charge is 2.11. The predicted molar refractivity (Wildman–Crippen MR) is 36.5 cm³/mol. The Kier molecular flexibility index (Phi) is 4.06. The SMILES string of the molecule is ClCC1CCCCOOO1. The van der Waals surface area contributed by atoms with E-state index in [0.29, 0.717) is 12.5 Å². The molecule has 0 N–H and O–H groups in total. The van der Waals surface area contributed by atoms with Gasteiger partial charge in [0.15, 0.2) is 0 Å². The van der Waals surface area contributed by atoms with Crippen molar-refractivity contribution in [3.8, 4) is 0 Å². The van der Waals surface area contributed by atoms with Crippen LogP contribution in [0, 0.1) is 0 Å². The zero-order valence-corrected chi connectivity index (χ0v) is 6.47. The van der Waals surface area contributed by atoms with Gasteiger partial charge in [0.05, 0.1) is 12.5 Å². The number of rotatable bonds is 1. The summed E-state index contributed by atoms with van der Waals surface area (Å²) >= 11 is 5.55. The van der Waals surface area contributed by atoms with Gasteiger partial charge in [0, 0.05) is 0 Å². The first-order chi connectivity index (χ1) is 4.93. The van der Waals surface area contributed by atoms with Crippen molar-refractivity contribution < 1.29 is 14.8 Å². The van der Waals surface area contributed by atoms with E-state index in [1.165, 1.54) is 0 Å². The Morgan fingerprint density at radius 2 is 2.30 bits per heavy atom. The fourth-order valence-electron chi connectivity index (χ4n) is 0.801. The molecule has 0 aromatic carbocycles. The zero-order chi connectivity index (χ0) is 7.23. The van der Waals surface area contributed by atoms with Crippen LogP contribution < -0.4 is 0 Å². The molecular weight excluding hydrogens is 156 g/mol. The van der Waals surface area contributed by atoms with Crippen molar-refractivity contribution in [3.63, 3.8) is 0 Å². The summed E-state index contributed by atoms with van der Waals surface area (Å²) < 4.78 is 0. The number of halogens is 1. The summed E-state index contributed by atoms with van der Waals surface area (Å²) in [5.41, 5.74) is 0. The third-order valence-electron chi connectivity index (χ3n) is 1.40. The summed E-state index contributed by atoms with van der Waals surface area (Å²) in [6.45, 7) is 0.606.